The van der Waals surface area contributed by atoms with Crippen LogP contribution in [0.3, 0.4) is 0 Å². The number of benzene rings is 2. The summed E-state index contributed by atoms with van der Waals surface area (Å²) in [6, 6.07) is 18.8. The zero-order chi connectivity index (χ0) is 12.7. The molecular formula is C16H12N2S. The highest BCUT2D eigenvalue weighted by atomic mass is 32.2. The normalized spacial score (nSPS) is 14.2. The molecule has 0 bridgehead atoms. The van der Waals surface area contributed by atoms with E-state index in [0.717, 1.165) is 17.3 Å². The van der Waals surface area contributed by atoms with E-state index in [-0.39, 0.29) is 0 Å². The average Bonchev–Trinajstić information content (AvgIpc) is 2.87. The zero-order valence-corrected chi connectivity index (χ0v) is 11.1. The molecule has 0 spiro atoms. The van der Waals surface area contributed by atoms with Gasteiger partial charge in [-0.25, -0.2) is 0 Å². The Morgan fingerprint density at radius 1 is 0.947 bits per heavy atom. The first-order valence-corrected chi connectivity index (χ1v) is 7.26. The van der Waals surface area contributed by atoms with Gasteiger partial charge in [0.15, 0.2) is 0 Å². The molecular weight excluding hydrogens is 252 g/mol. The molecule has 2 aromatic carbocycles. The summed E-state index contributed by atoms with van der Waals surface area (Å²) >= 11 is 1.80. The minimum Gasteiger partial charge on any atom is -0.352 e. The average molecular weight is 264 g/mol. The number of aromatic amines is 1. The molecule has 0 atom stereocenters. The van der Waals surface area contributed by atoms with E-state index in [1.54, 1.807) is 11.8 Å². The number of nitrogens with zero attached hydrogens (tertiary/aromatic N) is 1. The molecule has 1 N–H and O–H groups in total. The van der Waals surface area contributed by atoms with Crippen molar-refractivity contribution < 1.29 is 0 Å². The molecule has 0 radical (unpaired) electrons. The SMILES string of the molecule is c1ccc(C2=NCSc3c2[nH]c2ccccc32)cc1. The third-order valence-corrected chi connectivity index (χ3v) is 4.34. The molecule has 1 aromatic heterocycles. The maximum atomic E-state index is 4.68. The quantitative estimate of drug-likeness (QED) is 0.705. The van der Waals surface area contributed by atoms with Gasteiger partial charge in [-0.05, 0) is 6.07 Å². The van der Waals surface area contributed by atoms with Crippen molar-refractivity contribution in [2.24, 2.45) is 4.99 Å². The minimum atomic E-state index is 0.791. The Morgan fingerprint density at radius 2 is 1.74 bits per heavy atom. The van der Waals surface area contributed by atoms with Crippen molar-refractivity contribution in [3.05, 3.63) is 65.9 Å². The van der Waals surface area contributed by atoms with Crippen molar-refractivity contribution in [2.45, 2.75) is 4.90 Å². The molecule has 0 saturated heterocycles. The van der Waals surface area contributed by atoms with Crippen LogP contribution in [0.25, 0.3) is 10.9 Å². The monoisotopic (exact) mass is 264 g/mol. The molecule has 4 rings (SSSR count). The number of H-pyrrole nitrogens is 1. The summed E-state index contributed by atoms with van der Waals surface area (Å²) in [4.78, 5) is 9.52. The van der Waals surface area contributed by atoms with Crippen molar-refractivity contribution in [1.29, 1.82) is 0 Å². The van der Waals surface area contributed by atoms with Crippen molar-refractivity contribution in [3.63, 3.8) is 0 Å². The predicted molar refractivity (Wildman–Crippen MR) is 81.1 cm³/mol. The number of para-hydroxylation sites is 1. The highest BCUT2D eigenvalue weighted by Gasteiger charge is 2.20. The van der Waals surface area contributed by atoms with Crippen molar-refractivity contribution in [3.8, 4) is 0 Å². The molecule has 1 aliphatic heterocycles. The maximum absolute atomic E-state index is 4.68. The Bertz CT molecular complexity index is 772. The van der Waals surface area contributed by atoms with Crippen LogP contribution in [0.15, 0.2) is 64.5 Å². The second-order valence-corrected chi connectivity index (χ2v) is 5.48. The standard InChI is InChI=1S/C16H12N2S/c1-2-6-11(7-3-1)14-15-16(19-10-17-14)12-8-4-5-9-13(12)18-15/h1-9,18H,10H2. The maximum Gasteiger partial charge on any atom is 0.0903 e. The van der Waals surface area contributed by atoms with E-state index in [4.69, 9.17) is 0 Å². The zero-order valence-electron chi connectivity index (χ0n) is 10.3. The highest BCUT2D eigenvalue weighted by molar-refractivity contribution is 7.99. The number of nitrogens with one attached hydrogen (secondary N) is 1. The number of hydrogen-bond acceptors (Lipinski definition) is 2. The van der Waals surface area contributed by atoms with Gasteiger partial charge in [-0.15, -0.1) is 0 Å². The molecule has 19 heavy (non-hydrogen) atoms. The number of hydrogen-bond donors (Lipinski definition) is 1. The van der Waals surface area contributed by atoms with Crippen molar-refractivity contribution >= 4 is 28.4 Å². The van der Waals surface area contributed by atoms with Crippen molar-refractivity contribution in [2.75, 3.05) is 5.88 Å². The van der Waals surface area contributed by atoms with Gasteiger partial charge >= 0.3 is 0 Å². The van der Waals surface area contributed by atoms with E-state index in [2.05, 4.69) is 58.5 Å². The van der Waals surface area contributed by atoms with Crippen LogP contribution in [0.2, 0.25) is 0 Å². The fraction of sp³-hybridized carbons (Fsp3) is 0.0625. The Balaban J connectivity index is 1.96. The lowest BCUT2D eigenvalue weighted by Crippen LogP contribution is -2.08. The van der Waals surface area contributed by atoms with E-state index < -0.39 is 0 Å². The second-order valence-electron chi connectivity index (χ2n) is 4.52. The molecule has 0 saturated carbocycles. The fourth-order valence-corrected chi connectivity index (χ4v) is 3.45. The van der Waals surface area contributed by atoms with Crippen molar-refractivity contribution in [1.82, 2.24) is 4.98 Å². The van der Waals surface area contributed by atoms with Crippen LogP contribution in [-0.2, 0) is 0 Å². The van der Waals surface area contributed by atoms with E-state index >= 15 is 0 Å². The molecule has 2 nitrogen and oxygen atoms in total. The van der Waals surface area contributed by atoms with Crippen LogP contribution >= 0.6 is 11.8 Å². The molecule has 1 aliphatic rings. The van der Waals surface area contributed by atoms with Crippen LogP contribution in [0.5, 0.6) is 0 Å². The lowest BCUT2D eigenvalue weighted by atomic mass is 10.1. The van der Waals surface area contributed by atoms with E-state index in [1.165, 1.54) is 21.4 Å². The van der Waals surface area contributed by atoms with Gasteiger partial charge in [0.05, 0.1) is 17.3 Å². The summed E-state index contributed by atoms with van der Waals surface area (Å²) in [6.45, 7) is 0. The summed E-state index contributed by atoms with van der Waals surface area (Å²) < 4.78 is 0. The van der Waals surface area contributed by atoms with Gasteiger partial charge in [0.1, 0.15) is 0 Å². The fourth-order valence-electron chi connectivity index (χ4n) is 2.50. The Kier molecular flexibility index (Phi) is 2.45. The molecule has 3 heteroatoms. The van der Waals surface area contributed by atoms with Crippen LogP contribution in [0.1, 0.15) is 11.3 Å². The number of fused-ring (bicyclic) bond motifs is 3. The van der Waals surface area contributed by atoms with E-state index in [9.17, 15) is 0 Å². The molecule has 3 aromatic rings. The molecule has 0 unspecified atom stereocenters. The van der Waals surface area contributed by atoms with Gasteiger partial charge in [-0.1, -0.05) is 60.3 Å². The minimum absolute atomic E-state index is 0.791. The number of aliphatic imine (C=N–C) groups is 1. The Morgan fingerprint density at radius 3 is 2.63 bits per heavy atom. The van der Waals surface area contributed by atoms with Gasteiger partial charge in [-0.3, -0.25) is 4.99 Å². The smallest absolute Gasteiger partial charge is 0.0903 e. The molecule has 0 aliphatic carbocycles. The lowest BCUT2D eigenvalue weighted by Gasteiger charge is -2.12. The van der Waals surface area contributed by atoms with E-state index in [0.29, 0.717) is 0 Å². The Labute approximate surface area is 115 Å². The highest BCUT2D eigenvalue weighted by Crippen LogP contribution is 2.36. The third kappa shape index (κ3) is 1.70. The van der Waals surface area contributed by atoms with Gasteiger partial charge < -0.3 is 4.98 Å². The third-order valence-electron chi connectivity index (χ3n) is 3.37. The molecule has 92 valence electrons. The summed E-state index contributed by atoms with van der Waals surface area (Å²) in [5.74, 6) is 0.791. The first kappa shape index (κ1) is 10.9. The van der Waals surface area contributed by atoms with Crippen LogP contribution in [-0.4, -0.2) is 16.6 Å². The summed E-state index contributed by atoms with van der Waals surface area (Å²) in [6.07, 6.45) is 0. The summed E-state index contributed by atoms with van der Waals surface area (Å²) in [7, 11) is 0. The van der Waals surface area contributed by atoms with E-state index in [1.807, 2.05) is 6.07 Å². The topological polar surface area (TPSA) is 28.1 Å². The van der Waals surface area contributed by atoms with Gasteiger partial charge in [0.2, 0.25) is 0 Å². The molecule has 2 heterocycles. The first-order chi connectivity index (χ1) is 9.43. The van der Waals surface area contributed by atoms with Crippen LogP contribution in [0, 0.1) is 0 Å². The number of thioether (sulfide) groups is 1. The lowest BCUT2D eigenvalue weighted by molar-refractivity contribution is 1.26. The summed E-state index contributed by atoms with van der Waals surface area (Å²) in [5, 5.41) is 1.30. The van der Waals surface area contributed by atoms with Gasteiger partial charge in [-0.2, -0.15) is 0 Å². The molecule has 0 amide bonds. The van der Waals surface area contributed by atoms with Gasteiger partial charge in [0.25, 0.3) is 0 Å². The first-order valence-electron chi connectivity index (χ1n) is 6.27. The largest absolute Gasteiger partial charge is 0.352 e. The van der Waals surface area contributed by atoms with Crippen LogP contribution < -0.4 is 0 Å². The summed E-state index contributed by atoms with van der Waals surface area (Å²) in [5.41, 5.74) is 4.59. The van der Waals surface area contributed by atoms with Crippen LogP contribution in [0.4, 0.5) is 0 Å². The molecule has 0 fully saturated rings. The number of rotatable bonds is 1. The second kappa shape index (κ2) is 4.28. The number of aromatic nitrogens is 1. The predicted octanol–water partition coefficient (Wildman–Crippen LogP) is 4.07. The Hall–Kier alpha value is -2.00. The van der Waals surface area contributed by atoms with Gasteiger partial charge in [0, 0.05) is 21.4 Å².